The highest BCUT2D eigenvalue weighted by Gasteiger charge is 2.29. The fourth-order valence-electron chi connectivity index (χ4n) is 4.76. The Morgan fingerprint density at radius 3 is 2.05 bits per heavy atom. The van der Waals surface area contributed by atoms with Gasteiger partial charge in [-0.05, 0) is 45.5 Å². The number of nitrogens with one attached hydrogen (secondary N) is 1. The van der Waals surface area contributed by atoms with E-state index in [1.165, 1.54) is 12.1 Å². The molecule has 2 N–H and O–H groups in total. The summed E-state index contributed by atoms with van der Waals surface area (Å²) in [5.41, 5.74) is 5.70. The molecule has 5 rings (SSSR count). The number of amides is 1. The molecule has 186 valence electrons. The van der Waals surface area contributed by atoms with Crippen LogP contribution in [-0.2, 0) is 16.0 Å². The highest BCUT2D eigenvalue weighted by atomic mass is 19.1. The molecule has 0 spiro atoms. The second kappa shape index (κ2) is 10.2. The van der Waals surface area contributed by atoms with Crippen LogP contribution in [0.25, 0.3) is 22.3 Å². The Kier molecular flexibility index (Phi) is 6.68. The van der Waals surface area contributed by atoms with Crippen LogP contribution in [0.1, 0.15) is 22.6 Å². The minimum absolute atomic E-state index is 0.00566. The molecule has 5 nitrogen and oxygen atoms in total. The summed E-state index contributed by atoms with van der Waals surface area (Å²) in [6, 6.07) is 24.5. The predicted octanol–water partition coefficient (Wildman–Crippen LogP) is 6.17. The summed E-state index contributed by atoms with van der Waals surface area (Å²) in [7, 11) is 0. The summed E-state index contributed by atoms with van der Waals surface area (Å²) in [4.78, 5) is 24.4. The van der Waals surface area contributed by atoms with Crippen molar-refractivity contribution in [3.05, 3.63) is 119 Å². The molecule has 4 aromatic carbocycles. The van der Waals surface area contributed by atoms with E-state index in [1.807, 2.05) is 48.5 Å². The van der Waals surface area contributed by atoms with Crippen LogP contribution in [0.5, 0.6) is 0 Å². The molecule has 0 aliphatic heterocycles. The summed E-state index contributed by atoms with van der Waals surface area (Å²) in [6.07, 6.45) is -0.814. The molecule has 0 aromatic heterocycles. The molecule has 37 heavy (non-hydrogen) atoms. The number of carbonyl (C=O) groups is 2. The molecule has 0 bridgehead atoms. The van der Waals surface area contributed by atoms with Crippen LogP contribution in [0.2, 0.25) is 0 Å². The van der Waals surface area contributed by atoms with Crippen molar-refractivity contribution in [3.8, 4) is 22.3 Å². The Labute approximate surface area is 212 Å². The predicted molar refractivity (Wildman–Crippen MR) is 135 cm³/mol. The SMILES string of the molecule is O=C(N[C@H](Cc1ccc(-c2ccc(F)cc2F)cc1)C(=O)O)OCC1c2ccccc2-c2ccccc21. The first kappa shape index (κ1) is 24.2. The number of hydrogen-bond donors (Lipinski definition) is 2. The van der Waals surface area contributed by atoms with E-state index < -0.39 is 29.7 Å². The van der Waals surface area contributed by atoms with Gasteiger partial charge in [0.05, 0.1) is 0 Å². The lowest BCUT2D eigenvalue weighted by Gasteiger charge is -2.17. The number of rotatable bonds is 7. The largest absolute Gasteiger partial charge is 0.480 e. The van der Waals surface area contributed by atoms with Gasteiger partial charge in [0.25, 0.3) is 0 Å². The van der Waals surface area contributed by atoms with Crippen molar-refractivity contribution in [2.75, 3.05) is 6.61 Å². The van der Waals surface area contributed by atoms with Gasteiger partial charge in [0.1, 0.15) is 24.3 Å². The van der Waals surface area contributed by atoms with Crippen molar-refractivity contribution in [1.82, 2.24) is 5.32 Å². The zero-order valence-corrected chi connectivity index (χ0v) is 19.7. The molecular weight excluding hydrogens is 476 g/mol. The monoisotopic (exact) mass is 499 g/mol. The van der Waals surface area contributed by atoms with Crippen LogP contribution in [-0.4, -0.2) is 29.8 Å². The van der Waals surface area contributed by atoms with Crippen molar-refractivity contribution in [1.29, 1.82) is 0 Å². The standard InChI is InChI=1S/C30H23F2NO4/c31-20-13-14-21(27(32)16-20)19-11-9-18(10-12-19)15-28(29(34)35)33-30(36)37-17-26-24-7-3-1-5-22(24)23-6-2-4-8-25(23)26/h1-14,16,26,28H,15,17H2,(H,33,36)(H,34,35)/t28-/m1/s1. The van der Waals surface area contributed by atoms with E-state index in [9.17, 15) is 23.5 Å². The Bertz CT molecular complexity index is 1420. The molecule has 1 atom stereocenters. The van der Waals surface area contributed by atoms with Gasteiger partial charge in [0.2, 0.25) is 0 Å². The second-order valence-corrected chi connectivity index (χ2v) is 8.89. The lowest BCUT2D eigenvalue weighted by atomic mass is 9.98. The number of carboxylic acids is 1. The number of carbonyl (C=O) groups excluding carboxylic acids is 1. The van der Waals surface area contributed by atoms with Gasteiger partial charge in [-0.3, -0.25) is 0 Å². The molecular formula is C30H23F2NO4. The lowest BCUT2D eigenvalue weighted by Crippen LogP contribution is -2.42. The third-order valence-corrected chi connectivity index (χ3v) is 6.57. The van der Waals surface area contributed by atoms with Gasteiger partial charge < -0.3 is 15.2 Å². The van der Waals surface area contributed by atoms with Crippen LogP contribution in [0, 0.1) is 11.6 Å². The molecule has 1 aliphatic rings. The van der Waals surface area contributed by atoms with Crippen LogP contribution < -0.4 is 5.32 Å². The third kappa shape index (κ3) is 5.07. The van der Waals surface area contributed by atoms with Crippen molar-refractivity contribution in [2.45, 2.75) is 18.4 Å². The molecule has 0 heterocycles. The summed E-state index contributed by atoms with van der Waals surface area (Å²) < 4.78 is 32.7. The number of alkyl carbamates (subject to hydrolysis) is 1. The molecule has 1 aliphatic carbocycles. The number of ether oxygens (including phenoxy) is 1. The fraction of sp³-hybridized carbons (Fsp3) is 0.133. The first-order chi connectivity index (χ1) is 17.9. The summed E-state index contributed by atoms with van der Waals surface area (Å²) in [5, 5.41) is 12.1. The van der Waals surface area contributed by atoms with E-state index in [1.54, 1.807) is 24.3 Å². The van der Waals surface area contributed by atoms with Crippen molar-refractivity contribution >= 4 is 12.1 Å². The summed E-state index contributed by atoms with van der Waals surface area (Å²) >= 11 is 0. The second-order valence-electron chi connectivity index (χ2n) is 8.89. The Morgan fingerprint density at radius 2 is 1.46 bits per heavy atom. The minimum Gasteiger partial charge on any atom is -0.480 e. The highest BCUT2D eigenvalue weighted by molar-refractivity contribution is 5.81. The van der Waals surface area contributed by atoms with E-state index in [2.05, 4.69) is 5.32 Å². The molecule has 0 radical (unpaired) electrons. The number of fused-ring (bicyclic) bond motifs is 3. The summed E-state index contributed by atoms with van der Waals surface area (Å²) in [6.45, 7) is 0.0735. The van der Waals surface area contributed by atoms with Crippen molar-refractivity contribution in [3.63, 3.8) is 0 Å². The normalized spacial score (nSPS) is 12.9. The van der Waals surface area contributed by atoms with Crippen LogP contribution in [0.3, 0.4) is 0 Å². The number of halogens is 2. The first-order valence-corrected chi connectivity index (χ1v) is 11.8. The van der Waals surface area contributed by atoms with Gasteiger partial charge in [-0.25, -0.2) is 18.4 Å². The molecule has 4 aromatic rings. The van der Waals surface area contributed by atoms with Gasteiger partial charge in [-0.15, -0.1) is 0 Å². The van der Waals surface area contributed by atoms with Gasteiger partial charge in [0.15, 0.2) is 0 Å². The van der Waals surface area contributed by atoms with Gasteiger partial charge in [-0.2, -0.15) is 0 Å². The van der Waals surface area contributed by atoms with Crippen LogP contribution in [0.15, 0.2) is 91.0 Å². The number of carboxylic acid groups (broad SMARTS) is 1. The van der Waals surface area contributed by atoms with Crippen LogP contribution in [0.4, 0.5) is 13.6 Å². The van der Waals surface area contributed by atoms with Gasteiger partial charge in [0, 0.05) is 24.0 Å². The molecule has 0 saturated heterocycles. The first-order valence-electron chi connectivity index (χ1n) is 11.8. The minimum atomic E-state index is -1.22. The molecule has 0 unspecified atom stereocenters. The number of aliphatic carboxylic acids is 1. The molecule has 0 saturated carbocycles. The van der Waals surface area contributed by atoms with Gasteiger partial charge in [-0.1, -0.05) is 72.8 Å². The Balaban J connectivity index is 1.23. The topological polar surface area (TPSA) is 75.6 Å². The van der Waals surface area contributed by atoms with Gasteiger partial charge >= 0.3 is 12.1 Å². The Hall–Kier alpha value is -4.52. The number of hydrogen-bond acceptors (Lipinski definition) is 3. The van der Waals surface area contributed by atoms with E-state index >= 15 is 0 Å². The third-order valence-electron chi connectivity index (χ3n) is 6.57. The molecule has 0 fully saturated rings. The van der Waals surface area contributed by atoms with E-state index in [4.69, 9.17) is 4.74 Å². The average Bonchev–Trinajstić information content (AvgIpc) is 3.21. The number of benzene rings is 4. The van der Waals surface area contributed by atoms with E-state index in [0.29, 0.717) is 11.1 Å². The maximum atomic E-state index is 14.1. The zero-order valence-electron chi connectivity index (χ0n) is 19.7. The molecule has 7 heteroatoms. The average molecular weight is 500 g/mol. The maximum absolute atomic E-state index is 14.1. The fourth-order valence-corrected chi connectivity index (χ4v) is 4.76. The van der Waals surface area contributed by atoms with Crippen molar-refractivity contribution < 1.29 is 28.2 Å². The zero-order chi connectivity index (χ0) is 25.9. The van der Waals surface area contributed by atoms with E-state index in [0.717, 1.165) is 28.3 Å². The lowest BCUT2D eigenvalue weighted by molar-refractivity contribution is -0.139. The smallest absolute Gasteiger partial charge is 0.407 e. The molecule has 1 amide bonds. The van der Waals surface area contributed by atoms with Crippen molar-refractivity contribution in [2.24, 2.45) is 0 Å². The quantitative estimate of drug-likeness (QED) is 0.319. The highest BCUT2D eigenvalue weighted by Crippen LogP contribution is 2.44. The van der Waals surface area contributed by atoms with Crippen LogP contribution >= 0.6 is 0 Å². The van der Waals surface area contributed by atoms with E-state index in [-0.39, 0.29) is 24.5 Å². The summed E-state index contributed by atoms with van der Waals surface area (Å²) in [5.74, 6) is -2.70. The maximum Gasteiger partial charge on any atom is 0.407 e. The Morgan fingerprint density at radius 1 is 0.838 bits per heavy atom.